The molecule has 1 aliphatic heterocycles. The molecule has 0 spiro atoms. The second-order valence-corrected chi connectivity index (χ2v) is 3.38. The molecule has 2 heteroatoms. The molecule has 1 aliphatic rings. The van der Waals surface area contributed by atoms with Crippen molar-refractivity contribution in [1.82, 2.24) is 5.32 Å². The van der Waals surface area contributed by atoms with Crippen LogP contribution in [0.25, 0.3) is 0 Å². The molecule has 0 aromatic carbocycles. The fraction of sp³-hybridized carbons (Fsp3) is 0.778. The van der Waals surface area contributed by atoms with Gasteiger partial charge in [0, 0.05) is 12.6 Å². The topological polar surface area (TPSA) is 21.3 Å². The Morgan fingerprint density at radius 3 is 2.91 bits per heavy atom. The van der Waals surface area contributed by atoms with E-state index in [4.69, 9.17) is 11.2 Å². The highest BCUT2D eigenvalue weighted by Crippen LogP contribution is 2.24. The summed E-state index contributed by atoms with van der Waals surface area (Å²) in [6.45, 7) is 5.66. The van der Waals surface area contributed by atoms with Gasteiger partial charge in [-0.1, -0.05) is 5.92 Å². The molecule has 0 aromatic rings. The van der Waals surface area contributed by atoms with Crippen LogP contribution in [0.2, 0.25) is 0 Å². The van der Waals surface area contributed by atoms with E-state index in [1.165, 1.54) is 0 Å². The summed E-state index contributed by atoms with van der Waals surface area (Å²) in [5.41, 5.74) is -0.0448. The summed E-state index contributed by atoms with van der Waals surface area (Å²) in [5.74, 6) is 2.57. The summed E-state index contributed by atoms with van der Waals surface area (Å²) in [6.07, 6.45) is 6.21. The van der Waals surface area contributed by atoms with E-state index in [1.54, 1.807) is 0 Å². The quantitative estimate of drug-likeness (QED) is 0.592. The lowest BCUT2D eigenvalue weighted by Crippen LogP contribution is -2.43. The molecular formula is C9H15NO. The molecule has 1 atom stereocenters. The Bertz CT molecular complexity index is 169. The van der Waals surface area contributed by atoms with Crippen molar-refractivity contribution in [2.75, 3.05) is 13.2 Å². The van der Waals surface area contributed by atoms with Crippen molar-refractivity contribution in [3.63, 3.8) is 0 Å². The van der Waals surface area contributed by atoms with Crippen LogP contribution in [0, 0.1) is 12.3 Å². The molecule has 0 aromatic heterocycles. The monoisotopic (exact) mass is 153 g/mol. The molecule has 0 radical (unpaired) electrons. The first kappa shape index (κ1) is 8.58. The van der Waals surface area contributed by atoms with Gasteiger partial charge in [0.25, 0.3) is 0 Å². The summed E-state index contributed by atoms with van der Waals surface area (Å²) < 4.78 is 5.52. The van der Waals surface area contributed by atoms with Crippen molar-refractivity contribution >= 4 is 0 Å². The first-order valence-electron chi connectivity index (χ1n) is 3.97. The fourth-order valence-corrected chi connectivity index (χ4v) is 1.42. The van der Waals surface area contributed by atoms with Crippen molar-refractivity contribution in [2.24, 2.45) is 0 Å². The predicted octanol–water partition coefficient (Wildman–Crippen LogP) is 0.777. The van der Waals surface area contributed by atoms with Gasteiger partial charge in [-0.3, -0.25) is 0 Å². The lowest BCUT2D eigenvalue weighted by Gasteiger charge is -2.25. The van der Waals surface area contributed by atoms with E-state index in [0.717, 1.165) is 13.0 Å². The Hall–Kier alpha value is -0.520. The molecular weight excluding hydrogens is 138 g/mol. The minimum atomic E-state index is -0.0448. The van der Waals surface area contributed by atoms with E-state index in [0.29, 0.717) is 12.6 Å². The van der Waals surface area contributed by atoms with E-state index < -0.39 is 0 Å². The summed E-state index contributed by atoms with van der Waals surface area (Å²) in [7, 11) is 0. The third-order valence-corrected chi connectivity index (χ3v) is 2.17. The first-order valence-corrected chi connectivity index (χ1v) is 3.97. The van der Waals surface area contributed by atoms with Gasteiger partial charge in [0.05, 0.1) is 12.1 Å². The van der Waals surface area contributed by atoms with Gasteiger partial charge in [-0.2, -0.15) is 0 Å². The smallest absolute Gasteiger partial charge is 0.0779 e. The molecule has 1 heterocycles. The Balaban J connectivity index is 2.40. The Labute approximate surface area is 68.3 Å². The number of nitrogens with one attached hydrogen (secondary N) is 1. The molecule has 1 fully saturated rings. The second-order valence-electron chi connectivity index (χ2n) is 3.38. The molecule has 1 N–H and O–H groups in total. The molecule has 1 saturated heterocycles. The molecule has 0 amide bonds. The summed E-state index contributed by atoms with van der Waals surface area (Å²) in [4.78, 5) is 0. The van der Waals surface area contributed by atoms with Gasteiger partial charge >= 0.3 is 0 Å². The van der Waals surface area contributed by atoms with Crippen molar-refractivity contribution in [2.45, 2.75) is 31.9 Å². The average Bonchev–Trinajstić information content (AvgIpc) is 2.25. The molecule has 2 nitrogen and oxygen atoms in total. The standard InChI is InChI=1S/C9H15NO/c1-4-6-10-8-5-7-11-9(8,2)3/h1,8,10H,5-7H2,2-3H3. The number of hydrogen-bond donors (Lipinski definition) is 1. The molecule has 0 aliphatic carbocycles. The van der Waals surface area contributed by atoms with E-state index in [-0.39, 0.29) is 5.60 Å². The van der Waals surface area contributed by atoms with Gasteiger partial charge in [0.15, 0.2) is 0 Å². The molecule has 1 rings (SSSR count). The highest BCUT2D eigenvalue weighted by molar-refractivity contribution is 4.95. The van der Waals surface area contributed by atoms with Gasteiger partial charge in [0.1, 0.15) is 0 Å². The zero-order valence-electron chi connectivity index (χ0n) is 7.18. The summed E-state index contributed by atoms with van der Waals surface area (Å²) in [6, 6.07) is 0.415. The van der Waals surface area contributed by atoms with Crippen molar-refractivity contribution in [3.8, 4) is 12.3 Å². The Morgan fingerprint density at radius 2 is 2.45 bits per heavy atom. The zero-order valence-corrected chi connectivity index (χ0v) is 7.18. The fourth-order valence-electron chi connectivity index (χ4n) is 1.42. The number of hydrogen-bond acceptors (Lipinski definition) is 2. The molecule has 0 bridgehead atoms. The van der Waals surface area contributed by atoms with Gasteiger partial charge in [-0.25, -0.2) is 0 Å². The number of terminal acetylenes is 1. The predicted molar refractivity (Wildman–Crippen MR) is 45.3 cm³/mol. The highest BCUT2D eigenvalue weighted by atomic mass is 16.5. The third-order valence-electron chi connectivity index (χ3n) is 2.17. The lowest BCUT2D eigenvalue weighted by atomic mass is 9.99. The number of ether oxygens (including phenoxy) is 1. The highest BCUT2D eigenvalue weighted by Gasteiger charge is 2.34. The second kappa shape index (κ2) is 3.25. The minimum absolute atomic E-state index is 0.0448. The largest absolute Gasteiger partial charge is 0.374 e. The molecule has 1 unspecified atom stereocenters. The molecule has 11 heavy (non-hydrogen) atoms. The van der Waals surface area contributed by atoms with Crippen molar-refractivity contribution < 1.29 is 4.74 Å². The van der Waals surface area contributed by atoms with Crippen LogP contribution in [-0.2, 0) is 4.74 Å². The van der Waals surface area contributed by atoms with Crippen LogP contribution in [0.5, 0.6) is 0 Å². The SMILES string of the molecule is C#CCNC1CCOC1(C)C. The Morgan fingerprint density at radius 1 is 1.73 bits per heavy atom. The van der Waals surface area contributed by atoms with Crippen LogP contribution in [-0.4, -0.2) is 24.8 Å². The zero-order chi connectivity index (χ0) is 8.32. The average molecular weight is 153 g/mol. The number of rotatable bonds is 2. The molecule has 0 saturated carbocycles. The maximum atomic E-state index is 5.52. The van der Waals surface area contributed by atoms with E-state index in [2.05, 4.69) is 25.1 Å². The third kappa shape index (κ3) is 1.95. The van der Waals surface area contributed by atoms with Crippen LogP contribution >= 0.6 is 0 Å². The maximum absolute atomic E-state index is 5.52. The van der Waals surface area contributed by atoms with Gasteiger partial charge in [-0.15, -0.1) is 6.42 Å². The van der Waals surface area contributed by atoms with Crippen LogP contribution in [0.3, 0.4) is 0 Å². The summed E-state index contributed by atoms with van der Waals surface area (Å²) in [5, 5.41) is 3.26. The first-order chi connectivity index (χ1) is 5.17. The lowest BCUT2D eigenvalue weighted by molar-refractivity contribution is 0.0224. The van der Waals surface area contributed by atoms with Crippen LogP contribution in [0.15, 0.2) is 0 Å². The molecule has 62 valence electrons. The minimum Gasteiger partial charge on any atom is -0.374 e. The van der Waals surface area contributed by atoms with E-state index in [9.17, 15) is 0 Å². The Kier molecular flexibility index (Phi) is 2.53. The van der Waals surface area contributed by atoms with Gasteiger partial charge in [-0.05, 0) is 20.3 Å². The van der Waals surface area contributed by atoms with Crippen molar-refractivity contribution in [1.29, 1.82) is 0 Å². The van der Waals surface area contributed by atoms with E-state index in [1.807, 2.05) is 0 Å². The summed E-state index contributed by atoms with van der Waals surface area (Å²) >= 11 is 0. The normalized spacial score (nSPS) is 28.3. The van der Waals surface area contributed by atoms with Crippen LogP contribution in [0.4, 0.5) is 0 Å². The van der Waals surface area contributed by atoms with E-state index >= 15 is 0 Å². The van der Waals surface area contributed by atoms with Gasteiger partial charge in [0.2, 0.25) is 0 Å². The van der Waals surface area contributed by atoms with Crippen LogP contribution < -0.4 is 5.32 Å². The maximum Gasteiger partial charge on any atom is 0.0779 e. The van der Waals surface area contributed by atoms with Gasteiger partial charge < -0.3 is 10.1 Å². The van der Waals surface area contributed by atoms with Crippen LogP contribution in [0.1, 0.15) is 20.3 Å². The van der Waals surface area contributed by atoms with Crippen molar-refractivity contribution in [3.05, 3.63) is 0 Å².